The number of benzene rings is 1. The summed E-state index contributed by atoms with van der Waals surface area (Å²) in [5.41, 5.74) is 2.70. The number of nitrogens with zero attached hydrogens (tertiary/aromatic N) is 2. The first kappa shape index (κ1) is 19.3. The van der Waals surface area contributed by atoms with Crippen molar-refractivity contribution in [1.82, 2.24) is 10.2 Å². The van der Waals surface area contributed by atoms with Gasteiger partial charge in [-0.05, 0) is 44.4 Å². The summed E-state index contributed by atoms with van der Waals surface area (Å²) < 4.78 is 10.9. The van der Waals surface area contributed by atoms with Crippen LogP contribution < -0.4 is 10.1 Å². The van der Waals surface area contributed by atoms with Gasteiger partial charge in [-0.1, -0.05) is 23.8 Å². The molecule has 0 radical (unpaired) electrons. The highest BCUT2D eigenvalue weighted by atomic mass is 16.5. The summed E-state index contributed by atoms with van der Waals surface area (Å²) in [6, 6.07) is 8.26. The predicted molar refractivity (Wildman–Crippen MR) is 103 cm³/mol. The standard InChI is InChI=1S/C20H31N3O2/c1-4-21-20(22-13-10-17-11-14-24-15-12-17)23(3)16-18-6-8-19(9-7-18)25-5-2/h6-9,11H,4-5,10,12-16H2,1-3H3,(H,21,22). The maximum Gasteiger partial charge on any atom is 0.193 e. The zero-order chi connectivity index (χ0) is 17.9. The highest BCUT2D eigenvalue weighted by Gasteiger charge is 2.08. The minimum Gasteiger partial charge on any atom is -0.494 e. The van der Waals surface area contributed by atoms with Crippen molar-refractivity contribution < 1.29 is 9.47 Å². The first-order valence-electron chi connectivity index (χ1n) is 9.19. The van der Waals surface area contributed by atoms with Crippen molar-refractivity contribution >= 4 is 5.96 Å². The molecule has 0 aromatic heterocycles. The topological polar surface area (TPSA) is 46.1 Å². The van der Waals surface area contributed by atoms with E-state index in [2.05, 4.69) is 42.4 Å². The van der Waals surface area contributed by atoms with Crippen LogP contribution in [0.15, 0.2) is 40.9 Å². The summed E-state index contributed by atoms with van der Waals surface area (Å²) in [5, 5.41) is 3.38. The molecule has 2 rings (SSSR count). The molecule has 1 heterocycles. The Hall–Kier alpha value is -2.01. The van der Waals surface area contributed by atoms with Crippen LogP contribution >= 0.6 is 0 Å². The van der Waals surface area contributed by atoms with Crippen LogP contribution in [-0.4, -0.2) is 50.8 Å². The lowest BCUT2D eigenvalue weighted by Crippen LogP contribution is -2.38. The molecule has 0 fully saturated rings. The van der Waals surface area contributed by atoms with E-state index in [1.807, 2.05) is 19.1 Å². The smallest absolute Gasteiger partial charge is 0.193 e. The van der Waals surface area contributed by atoms with Crippen LogP contribution in [0.2, 0.25) is 0 Å². The second-order valence-corrected chi connectivity index (χ2v) is 6.11. The molecule has 1 aromatic carbocycles. The molecule has 0 bridgehead atoms. The van der Waals surface area contributed by atoms with Gasteiger partial charge in [0.25, 0.3) is 0 Å². The van der Waals surface area contributed by atoms with E-state index >= 15 is 0 Å². The summed E-state index contributed by atoms with van der Waals surface area (Å²) in [6.07, 6.45) is 4.23. The molecule has 0 saturated heterocycles. The number of hydrogen-bond donors (Lipinski definition) is 1. The molecule has 138 valence electrons. The van der Waals surface area contributed by atoms with Gasteiger partial charge in [-0.3, -0.25) is 4.99 Å². The van der Waals surface area contributed by atoms with E-state index in [0.717, 1.165) is 57.4 Å². The molecule has 1 aliphatic heterocycles. The third-order valence-electron chi connectivity index (χ3n) is 4.10. The molecule has 0 saturated carbocycles. The third-order valence-corrected chi connectivity index (χ3v) is 4.10. The lowest BCUT2D eigenvalue weighted by Gasteiger charge is -2.22. The van der Waals surface area contributed by atoms with Crippen molar-refractivity contribution in [2.45, 2.75) is 33.2 Å². The Morgan fingerprint density at radius 1 is 1.28 bits per heavy atom. The molecule has 5 nitrogen and oxygen atoms in total. The van der Waals surface area contributed by atoms with E-state index in [1.165, 1.54) is 11.1 Å². The van der Waals surface area contributed by atoms with Gasteiger partial charge in [0.05, 0.1) is 19.8 Å². The summed E-state index contributed by atoms with van der Waals surface area (Å²) in [7, 11) is 2.08. The SMILES string of the molecule is CCNC(=NCCC1=CCOCC1)N(C)Cc1ccc(OCC)cc1. The average molecular weight is 345 g/mol. The first-order valence-corrected chi connectivity index (χ1v) is 9.19. The van der Waals surface area contributed by atoms with Crippen molar-refractivity contribution in [3.05, 3.63) is 41.5 Å². The molecule has 0 atom stereocenters. The Balaban J connectivity index is 1.90. The summed E-state index contributed by atoms with van der Waals surface area (Å²) in [6.45, 7) is 8.86. The van der Waals surface area contributed by atoms with E-state index in [9.17, 15) is 0 Å². The van der Waals surface area contributed by atoms with Gasteiger partial charge in [0.1, 0.15) is 5.75 Å². The van der Waals surface area contributed by atoms with Gasteiger partial charge in [0, 0.05) is 26.7 Å². The van der Waals surface area contributed by atoms with Crippen LogP contribution in [0.5, 0.6) is 5.75 Å². The number of rotatable bonds is 8. The fourth-order valence-corrected chi connectivity index (χ4v) is 2.77. The van der Waals surface area contributed by atoms with Gasteiger partial charge in [0.2, 0.25) is 0 Å². The minimum absolute atomic E-state index is 0.693. The number of ether oxygens (including phenoxy) is 2. The molecule has 1 aromatic rings. The van der Waals surface area contributed by atoms with Crippen molar-refractivity contribution in [3.63, 3.8) is 0 Å². The Morgan fingerprint density at radius 2 is 2.08 bits per heavy atom. The largest absolute Gasteiger partial charge is 0.494 e. The van der Waals surface area contributed by atoms with E-state index in [0.29, 0.717) is 6.61 Å². The van der Waals surface area contributed by atoms with E-state index < -0.39 is 0 Å². The Bertz CT molecular complexity index is 567. The summed E-state index contributed by atoms with van der Waals surface area (Å²) in [4.78, 5) is 6.94. The molecule has 0 aliphatic carbocycles. The predicted octanol–water partition coefficient (Wildman–Crippen LogP) is 3.22. The molecule has 0 amide bonds. The van der Waals surface area contributed by atoms with Crippen molar-refractivity contribution in [2.75, 3.05) is 40.0 Å². The minimum atomic E-state index is 0.693. The number of aliphatic imine (C=N–C) groups is 1. The summed E-state index contributed by atoms with van der Waals surface area (Å²) >= 11 is 0. The average Bonchev–Trinajstić information content (AvgIpc) is 2.64. The van der Waals surface area contributed by atoms with Crippen LogP contribution in [-0.2, 0) is 11.3 Å². The molecule has 5 heteroatoms. The maximum absolute atomic E-state index is 5.50. The van der Waals surface area contributed by atoms with Crippen LogP contribution in [0.3, 0.4) is 0 Å². The van der Waals surface area contributed by atoms with Gasteiger partial charge < -0.3 is 19.7 Å². The molecular formula is C20H31N3O2. The second kappa shape index (κ2) is 10.8. The lowest BCUT2D eigenvalue weighted by molar-refractivity contribution is 0.153. The van der Waals surface area contributed by atoms with Gasteiger partial charge in [-0.25, -0.2) is 0 Å². The van der Waals surface area contributed by atoms with Crippen molar-refractivity contribution in [2.24, 2.45) is 4.99 Å². The van der Waals surface area contributed by atoms with Gasteiger partial charge in [0.15, 0.2) is 5.96 Å². The van der Waals surface area contributed by atoms with Crippen LogP contribution in [0, 0.1) is 0 Å². The molecule has 1 aliphatic rings. The van der Waals surface area contributed by atoms with E-state index in [-0.39, 0.29) is 0 Å². The van der Waals surface area contributed by atoms with Crippen LogP contribution in [0.1, 0.15) is 32.3 Å². The molecule has 25 heavy (non-hydrogen) atoms. The van der Waals surface area contributed by atoms with Crippen molar-refractivity contribution in [3.8, 4) is 5.75 Å². The Kier molecular flexibility index (Phi) is 8.32. The van der Waals surface area contributed by atoms with Crippen LogP contribution in [0.4, 0.5) is 0 Å². The molecule has 0 unspecified atom stereocenters. The third kappa shape index (κ3) is 6.78. The quantitative estimate of drug-likeness (QED) is 0.446. The Morgan fingerprint density at radius 3 is 2.72 bits per heavy atom. The lowest BCUT2D eigenvalue weighted by atomic mass is 10.1. The fraction of sp³-hybridized carbons (Fsp3) is 0.550. The van der Waals surface area contributed by atoms with Gasteiger partial charge in [-0.2, -0.15) is 0 Å². The number of guanidine groups is 1. The number of hydrogen-bond acceptors (Lipinski definition) is 3. The highest BCUT2D eigenvalue weighted by Crippen LogP contribution is 2.14. The second-order valence-electron chi connectivity index (χ2n) is 6.11. The number of nitrogens with one attached hydrogen (secondary N) is 1. The monoisotopic (exact) mass is 345 g/mol. The molecule has 0 spiro atoms. The van der Waals surface area contributed by atoms with E-state index in [1.54, 1.807) is 0 Å². The Labute approximate surface area is 151 Å². The molecular weight excluding hydrogens is 314 g/mol. The fourth-order valence-electron chi connectivity index (χ4n) is 2.77. The van der Waals surface area contributed by atoms with Crippen molar-refractivity contribution in [1.29, 1.82) is 0 Å². The van der Waals surface area contributed by atoms with Crippen LogP contribution in [0.25, 0.3) is 0 Å². The highest BCUT2D eigenvalue weighted by molar-refractivity contribution is 5.79. The van der Waals surface area contributed by atoms with E-state index in [4.69, 9.17) is 14.5 Å². The zero-order valence-electron chi connectivity index (χ0n) is 15.8. The summed E-state index contributed by atoms with van der Waals surface area (Å²) in [5.74, 6) is 1.86. The zero-order valence-corrected chi connectivity index (χ0v) is 15.8. The van der Waals surface area contributed by atoms with Gasteiger partial charge >= 0.3 is 0 Å². The maximum atomic E-state index is 5.50. The first-order chi connectivity index (χ1) is 12.2. The van der Waals surface area contributed by atoms with Gasteiger partial charge in [-0.15, -0.1) is 0 Å². The normalized spacial score (nSPS) is 14.8. The molecule has 1 N–H and O–H groups in total.